The van der Waals surface area contributed by atoms with Crippen molar-refractivity contribution in [2.45, 2.75) is 25.9 Å². The van der Waals surface area contributed by atoms with Gasteiger partial charge in [-0.2, -0.15) is 13.2 Å². The van der Waals surface area contributed by atoms with Crippen LogP contribution in [-0.2, 0) is 6.18 Å². The van der Waals surface area contributed by atoms with Crippen LogP contribution < -0.4 is 4.74 Å². The Morgan fingerprint density at radius 3 is 2.29 bits per heavy atom. The van der Waals surface area contributed by atoms with Gasteiger partial charge in [-0.05, 0) is 44.0 Å². The highest BCUT2D eigenvalue weighted by Crippen LogP contribution is 2.34. The van der Waals surface area contributed by atoms with Gasteiger partial charge in [0.25, 0.3) is 11.8 Å². The summed E-state index contributed by atoms with van der Waals surface area (Å²) in [6.07, 6.45) is -3.65. The number of unbranched alkanes of at least 4 members (excludes halogenated alkanes) is 1. The van der Waals surface area contributed by atoms with Crippen LogP contribution in [0.3, 0.4) is 0 Å². The molecule has 1 aliphatic heterocycles. The van der Waals surface area contributed by atoms with Gasteiger partial charge in [-0.25, -0.2) is 4.98 Å². The molecule has 0 bridgehead atoms. The van der Waals surface area contributed by atoms with Crippen molar-refractivity contribution in [3.8, 4) is 5.75 Å². The normalized spacial score (nSPS) is 13.7. The highest BCUT2D eigenvalue weighted by Gasteiger charge is 2.35. The summed E-state index contributed by atoms with van der Waals surface area (Å²) in [6.45, 7) is 2.20. The van der Waals surface area contributed by atoms with E-state index >= 15 is 0 Å². The molecule has 4 rings (SSSR count). The molecule has 3 aromatic rings. The Bertz CT molecular complexity index is 1140. The smallest absolute Gasteiger partial charge is 0.433 e. The van der Waals surface area contributed by atoms with Crippen LogP contribution in [0.2, 0.25) is 0 Å². The molecule has 0 radical (unpaired) electrons. The second-order valence-corrected chi connectivity index (χ2v) is 7.39. The number of carbonyl (C=O) groups is 2. The molecule has 2 amide bonds. The van der Waals surface area contributed by atoms with Crippen LogP contribution in [0.1, 0.15) is 44.8 Å². The van der Waals surface area contributed by atoms with Crippen LogP contribution in [0.5, 0.6) is 5.75 Å². The van der Waals surface area contributed by atoms with Crippen molar-refractivity contribution >= 4 is 22.7 Å². The van der Waals surface area contributed by atoms with Gasteiger partial charge in [-0.1, -0.05) is 23.8 Å². The molecular weight excluding hydrogens is 409 g/mol. The highest BCUT2D eigenvalue weighted by molar-refractivity contribution is 6.21. The van der Waals surface area contributed by atoms with Gasteiger partial charge in [-0.3, -0.25) is 14.5 Å². The van der Waals surface area contributed by atoms with E-state index in [0.717, 1.165) is 11.6 Å². The molecule has 31 heavy (non-hydrogen) atoms. The molecule has 0 saturated carbocycles. The summed E-state index contributed by atoms with van der Waals surface area (Å²) >= 11 is 0. The molecule has 0 unspecified atom stereocenters. The third kappa shape index (κ3) is 4.10. The number of ether oxygens (including phenoxy) is 1. The van der Waals surface area contributed by atoms with Crippen molar-refractivity contribution in [3.63, 3.8) is 0 Å². The molecule has 8 heteroatoms. The van der Waals surface area contributed by atoms with Crippen molar-refractivity contribution in [1.82, 2.24) is 9.88 Å². The SMILES string of the molecule is Cc1ccc2nc(C(F)(F)F)cc(OCCCCN3C(=O)c4ccccc4C3=O)c2c1. The van der Waals surface area contributed by atoms with Crippen molar-refractivity contribution in [2.24, 2.45) is 0 Å². The monoisotopic (exact) mass is 428 g/mol. The van der Waals surface area contributed by atoms with E-state index in [-0.39, 0.29) is 36.2 Å². The number of fused-ring (bicyclic) bond motifs is 2. The Labute approximate surface area is 176 Å². The van der Waals surface area contributed by atoms with Crippen LogP contribution in [-0.4, -0.2) is 34.8 Å². The van der Waals surface area contributed by atoms with Crippen molar-refractivity contribution in [2.75, 3.05) is 13.2 Å². The topological polar surface area (TPSA) is 59.5 Å². The Hall–Kier alpha value is -3.42. The number of benzene rings is 2. The first kappa shape index (κ1) is 20.8. The fourth-order valence-corrected chi connectivity index (χ4v) is 3.57. The average Bonchev–Trinajstić information content (AvgIpc) is 2.97. The largest absolute Gasteiger partial charge is 0.493 e. The Balaban J connectivity index is 1.41. The summed E-state index contributed by atoms with van der Waals surface area (Å²) in [6, 6.07) is 12.5. The summed E-state index contributed by atoms with van der Waals surface area (Å²) in [4.78, 5) is 29.6. The van der Waals surface area contributed by atoms with Crippen molar-refractivity contribution < 1.29 is 27.5 Å². The molecule has 2 aromatic carbocycles. The van der Waals surface area contributed by atoms with Gasteiger partial charge in [0.05, 0.1) is 23.3 Å². The number of nitrogens with zero attached hydrogens (tertiary/aromatic N) is 2. The molecule has 160 valence electrons. The molecule has 0 atom stereocenters. The molecule has 0 saturated heterocycles. The van der Waals surface area contributed by atoms with Gasteiger partial charge in [0.1, 0.15) is 11.4 Å². The van der Waals surface area contributed by atoms with E-state index in [9.17, 15) is 22.8 Å². The minimum atomic E-state index is -4.58. The number of hydrogen-bond acceptors (Lipinski definition) is 4. The summed E-state index contributed by atoms with van der Waals surface area (Å²) < 4.78 is 45.2. The molecule has 0 aliphatic carbocycles. The Morgan fingerprint density at radius 2 is 1.65 bits per heavy atom. The zero-order valence-electron chi connectivity index (χ0n) is 16.7. The lowest BCUT2D eigenvalue weighted by atomic mass is 10.1. The van der Waals surface area contributed by atoms with Crippen molar-refractivity contribution in [1.29, 1.82) is 0 Å². The van der Waals surface area contributed by atoms with Gasteiger partial charge in [0.15, 0.2) is 0 Å². The van der Waals surface area contributed by atoms with E-state index in [2.05, 4.69) is 4.98 Å². The summed E-state index contributed by atoms with van der Waals surface area (Å²) in [5.74, 6) is -0.541. The average molecular weight is 428 g/mol. The third-order valence-electron chi connectivity index (χ3n) is 5.13. The zero-order valence-corrected chi connectivity index (χ0v) is 16.7. The predicted molar refractivity (Wildman–Crippen MR) is 108 cm³/mol. The van der Waals surface area contributed by atoms with Crippen LogP contribution in [0, 0.1) is 6.92 Å². The summed E-state index contributed by atoms with van der Waals surface area (Å²) in [5, 5.41) is 0.508. The maximum absolute atomic E-state index is 13.2. The zero-order chi connectivity index (χ0) is 22.2. The first-order chi connectivity index (χ1) is 14.8. The molecule has 0 N–H and O–H groups in total. The minimum absolute atomic E-state index is 0.113. The molecule has 1 aromatic heterocycles. The molecule has 0 fully saturated rings. The molecular formula is C23H19F3N2O3. The van der Waals surface area contributed by atoms with E-state index < -0.39 is 11.9 Å². The molecule has 5 nitrogen and oxygen atoms in total. The molecule has 0 spiro atoms. The first-order valence-corrected chi connectivity index (χ1v) is 9.82. The van der Waals surface area contributed by atoms with Gasteiger partial charge in [0, 0.05) is 18.0 Å². The second kappa shape index (κ2) is 8.02. The number of imide groups is 1. The van der Waals surface area contributed by atoms with Crippen LogP contribution in [0.25, 0.3) is 10.9 Å². The number of pyridine rings is 1. The lowest BCUT2D eigenvalue weighted by Gasteiger charge is -2.15. The number of amides is 2. The minimum Gasteiger partial charge on any atom is -0.493 e. The Kier molecular flexibility index (Phi) is 5.39. The van der Waals surface area contributed by atoms with Gasteiger partial charge < -0.3 is 4.74 Å². The predicted octanol–water partition coefficient (Wildman–Crippen LogP) is 5.02. The van der Waals surface area contributed by atoms with E-state index in [1.54, 1.807) is 36.4 Å². The summed E-state index contributed by atoms with van der Waals surface area (Å²) in [7, 11) is 0. The standard InChI is InChI=1S/C23H19F3N2O3/c1-14-8-9-18-17(12-14)19(13-20(27-18)23(24,25)26)31-11-5-4-10-28-21(29)15-6-2-3-7-16(15)22(28)30/h2-3,6-9,12-13H,4-5,10-11H2,1H3. The van der Waals surface area contributed by atoms with Crippen LogP contribution >= 0.6 is 0 Å². The van der Waals surface area contributed by atoms with E-state index in [4.69, 9.17) is 4.74 Å². The number of aromatic nitrogens is 1. The van der Waals surface area contributed by atoms with Gasteiger partial charge in [-0.15, -0.1) is 0 Å². The number of alkyl halides is 3. The van der Waals surface area contributed by atoms with Crippen LogP contribution in [0.15, 0.2) is 48.5 Å². The van der Waals surface area contributed by atoms with E-state index in [1.165, 1.54) is 11.0 Å². The van der Waals surface area contributed by atoms with Crippen molar-refractivity contribution in [3.05, 3.63) is 70.9 Å². The van der Waals surface area contributed by atoms with Gasteiger partial charge >= 0.3 is 6.18 Å². The lowest BCUT2D eigenvalue weighted by molar-refractivity contribution is -0.141. The maximum atomic E-state index is 13.2. The first-order valence-electron chi connectivity index (χ1n) is 9.82. The second-order valence-electron chi connectivity index (χ2n) is 7.39. The number of rotatable bonds is 6. The Morgan fingerprint density at radius 1 is 0.968 bits per heavy atom. The fourth-order valence-electron chi connectivity index (χ4n) is 3.57. The number of halogens is 3. The van der Waals surface area contributed by atoms with Gasteiger partial charge in [0.2, 0.25) is 0 Å². The van der Waals surface area contributed by atoms with Crippen LogP contribution in [0.4, 0.5) is 13.2 Å². The van der Waals surface area contributed by atoms with E-state index in [1.807, 2.05) is 6.92 Å². The lowest BCUT2D eigenvalue weighted by Crippen LogP contribution is -2.30. The number of hydrogen-bond donors (Lipinski definition) is 0. The van der Waals surface area contributed by atoms with E-state index in [0.29, 0.717) is 29.4 Å². The number of carbonyl (C=O) groups excluding carboxylic acids is 2. The maximum Gasteiger partial charge on any atom is 0.433 e. The fraction of sp³-hybridized carbons (Fsp3) is 0.261. The molecule has 2 heterocycles. The molecule has 1 aliphatic rings. The summed E-state index contributed by atoms with van der Waals surface area (Å²) in [5.41, 5.74) is 0.861. The number of aryl methyl sites for hydroxylation is 1. The quantitative estimate of drug-likeness (QED) is 0.409. The highest BCUT2D eigenvalue weighted by atomic mass is 19.4. The third-order valence-corrected chi connectivity index (χ3v) is 5.13.